The van der Waals surface area contributed by atoms with Gasteiger partial charge in [-0.1, -0.05) is 0 Å². The van der Waals surface area contributed by atoms with E-state index in [0.717, 1.165) is 24.1 Å². The van der Waals surface area contributed by atoms with Crippen molar-refractivity contribution in [3.8, 4) is 0 Å². The highest BCUT2D eigenvalue weighted by Gasteiger charge is 2.04. The molecule has 1 aromatic heterocycles. The summed E-state index contributed by atoms with van der Waals surface area (Å²) in [5, 5.41) is 6.71. The van der Waals surface area contributed by atoms with Crippen molar-refractivity contribution in [2.75, 3.05) is 12.3 Å². The highest BCUT2D eigenvalue weighted by Crippen LogP contribution is 2.13. The van der Waals surface area contributed by atoms with Crippen molar-refractivity contribution in [1.29, 1.82) is 0 Å². The number of nitrogens with zero attached hydrogens (tertiary/aromatic N) is 1. The molecule has 1 aromatic rings. The molecule has 0 aromatic carbocycles. The van der Waals surface area contributed by atoms with E-state index in [9.17, 15) is 0 Å². The lowest BCUT2D eigenvalue weighted by Gasteiger charge is -1.97. The number of rotatable bonds is 3. The summed E-state index contributed by atoms with van der Waals surface area (Å²) in [4.78, 5) is 0. The van der Waals surface area contributed by atoms with Crippen LogP contribution in [0.15, 0.2) is 0 Å². The van der Waals surface area contributed by atoms with Gasteiger partial charge in [-0.05, 0) is 26.3 Å². The first-order valence-corrected chi connectivity index (χ1v) is 3.75. The predicted octanol–water partition coefficient (Wildman–Crippen LogP) is 1.04. The van der Waals surface area contributed by atoms with Crippen LogP contribution in [0.25, 0.3) is 0 Å². The highest BCUT2D eigenvalue weighted by atomic mass is 35.5. The maximum absolute atomic E-state index is 5.62. The van der Waals surface area contributed by atoms with Crippen LogP contribution < -0.4 is 11.5 Å². The first kappa shape index (κ1) is 15.0. The fraction of sp³-hybridized carbons (Fsp3) is 0.571. The quantitative estimate of drug-likeness (QED) is 0.721. The number of aryl methyl sites for hydroxylation is 1. The zero-order chi connectivity index (χ0) is 8.27. The fourth-order valence-corrected chi connectivity index (χ4v) is 1.07. The maximum Gasteiger partial charge on any atom is 0.122 e. The third kappa shape index (κ3) is 3.85. The summed E-state index contributed by atoms with van der Waals surface area (Å²) in [5.41, 5.74) is 13.1. The summed E-state index contributed by atoms with van der Waals surface area (Å²) in [6.07, 6.45) is 1.88. The smallest absolute Gasteiger partial charge is 0.122 e. The molecule has 0 atom stereocenters. The summed E-state index contributed by atoms with van der Waals surface area (Å²) >= 11 is 0. The average molecular weight is 227 g/mol. The number of halogens is 2. The van der Waals surface area contributed by atoms with Gasteiger partial charge in [0.05, 0.1) is 5.69 Å². The van der Waals surface area contributed by atoms with Gasteiger partial charge >= 0.3 is 0 Å². The van der Waals surface area contributed by atoms with Crippen LogP contribution in [0, 0.1) is 6.92 Å². The summed E-state index contributed by atoms with van der Waals surface area (Å²) in [7, 11) is 0. The van der Waals surface area contributed by atoms with Crippen molar-refractivity contribution >= 4 is 30.6 Å². The lowest BCUT2D eigenvalue weighted by molar-refractivity contribution is 0.829. The minimum atomic E-state index is 0. The molecule has 78 valence electrons. The van der Waals surface area contributed by atoms with Gasteiger partial charge in [-0.2, -0.15) is 5.10 Å². The van der Waals surface area contributed by atoms with E-state index in [1.165, 1.54) is 0 Å². The number of anilines is 1. The van der Waals surface area contributed by atoms with E-state index in [4.69, 9.17) is 11.5 Å². The van der Waals surface area contributed by atoms with Crippen molar-refractivity contribution in [1.82, 2.24) is 10.2 Å². The molecule has 0 spiro atoms. The third-order valence-corrected chi connectivity index (χ3v) is 1.74. The SMILES string of the molecule is Cc1n[nH]c(N)c1CCCN.Cl.Cl. The molecular formula is C7H16Cl2N4. The Hall–Kier alpha value is -0.450. The second kappa shape index (κ2) is 7.00. The molecule has 6 heteroatoms. The number of nitrogens with two attached hydrogens (primary N) is 2. The number of H-pyrrole nitrogens is 1. The van der Waals surface area contributed by atoms with E-state index in [-0.39, 0.29) is 24.8 Å². The Morgan fingerprint density at radius 2 is 2.00 bits per heavy atom. The molecule has 0 radical (unpaired) electrons. The van der Waals surface area contributed by atoms with E-state index < -0.39 is 0 Å². The van der Waals surface area contributed by atoms with E-state index in [1.807, 2.05) is 6.92 Å². The van der Waals surface area contributed by atoms with Gasteiger partial charge < -0.3 is 11.5 Å². The van der Waals surface area contributed by atoms with Crippen molar-refractivity contribution in [2.45, 2.75) is 19.8 Å². The van der Waals surface area contributed by atoms with Gasteiger partial charge in [0, 0.05) is 5.56 Å². The van der Waals surface area contributed by atoms with E-state index in [1.54, 1.807) is 0 Å². The highest BCUT2D eigenvalue weighted by molar-refractivity contribution is 5.85. The van der Waals surface area contributed by atoms with Gasteiger partial charge in [-0.3, -0.25) is 5.10 Å². The molecule has 0 aliphatic heterocycles. The van der Waals surface area contributed by atoms with Gasteiger partial charge in [0.25, 0.3) is 0 Å². The van der Waals surface area contributed by atoms with Crippen LogP contribution in [0.5, 0.6) is 0 Å². The van der Waals surface area contributed by atoms with E-state index in [2.05, 4.69) is 10.2 Å². The van der Waals surface area contributed by atoms with Crippen molar-refractivity contribution in [3.63, 3.8) is 0 Å². The first-order chi connectivity index (χ1) is 5.25. The molecule has 0 saturated heterocycles. The standard InChI is InChI=1S/C7H14N4.2ClH/c1-5-6(3-2-4-8)7(9)11-10-5;;/h2-4,8H2,1H3,(H3,9,10,11);2*1H. The number of aromatic nitrogens is 2. The molecule has 0 saturated carbocycles. The van der Waals surface area contributed by atoms with Gasteiger partial charge in [-0.25, -0.2) is 0 Å². The molecule has 0 aliphatic rings. The van der Waals surface area contributed by atoms with Crippen molar-refractivity contribution in [3.05, 3.63) is 11.3 Å². The average Bonchev–Trinajstić information content (AvgIpc) is 2.29. The Bertz CT molecular complexity index is 217. The predicted molar refractivity (Wildman–Crippen MR) is 59.6 cm³/mol. The molecule has 1 heterocycles. The summed E-state index contributed by atoms with van der Waals surface area (Å²) < 4.78 is 0. The topological polar surface area (TPSA) is 80.7 Å². The third-order valence-electron chi connectivity index (χ3n) is 1.74. The second-order valence-corrected chi connectivity index (χ2v) is 2.59. The van der Waals surface area contributed by atoms with Crippen molar-refractivity contribution in [2.24, 2.45) is 5.73 Å². The largest absolute Gasteiger partial charge is 0.384 e. The molecule has 13 heavy (non-hydrogen) atoms. The van der Waals surface area contributed by atoms with Crippen LogP contribution in [0.1, 0.15) is 17.7 Å². The number of hydrogen-bond donors (Lipinski definition) is 3. The van der Waals surface area contributed by atoms with Crippen LogP contribution in [0.3, 0.4) is 0 Å². The first-order valence-electron chi connectivity index (χ1n) is 3.75. The molecule has 0 aliphatic carbocycles. The van der Waals surface area contributed by atoms with Crippen LogP contribution >= 0.6 is 24.8 Å². The molecular weight excluding hydrogens is 211 g/mol. The van der Waals surface area contributed by atoms with Crippen LogP contribution in [-0.4, -0.2) is 16.7 Å². The lowest BCUT2D eigenvalue weighted by Crippen LogP contribution is -2.02. The van der Waals surface area contributed by atoms with Crippen LogP contribution in [0.2, 0.25) is 0 Å². The zero-order valence-corrected chi connectivity index (χ0v) is 9.17. The maximum atomic E-state index is 5.62. The Morgan fingerprint density at radius 3 is 2.38 bits per heavy atom. The van der Waals surface area contributed by atoms with Gasteiger partial charge in [0.1, 0.15) is 5.82 Å². The monoisotopic (exact) mass is 226 g/mol. The molecule has 5 N–H and O–H groups in total. The zero-order valence-electron chi connectivity index (χ0n) is 7.54. The number of nitrogen functional groups attached to an aromatic ring is 1. The normalized spacial score (nSPS) is 8.77. The van der Waals surface area contributed by atoms with Crippen LogP contribution in [-0.2, 0) is 6.42 Å². The number of nitrogens with one attached hydrogen (secondary N) is 1. The summed E-state index contributed by atoms with van der Waals surface area (Å²) in [6.45, 7) is 2.64. The van der Waals surface area contributed by atoms with Crippen LogP contribution in [0.4, 0.5) is 5.82 Å². The van der Waals surface area contributed by atoms with Crippen molar-refractivity contribution < 1.29 is 0 Å². The van der Waals surface area contributed by atoms with E-state index in [0.29, 0.717) is 12.4 Å². The number of aromatic amines is 1. The Labute approximate surface area is 90.3 Å². The molecule has 0 unspecified atom stereocenters. The number of hydrogen-bond acceptors (Lipinski definition) is 3. The summed E-state index contributed by atoms with van der Waals surface area (Å²) in [5.74, 6) is 0.677. The Balaban J connectivity index is 0. The molecule has 1 rings (SSSR count). The minimum Gasteiger partial charge on any atom is -0.384 e. The molecule has 4 nitrogen and oxygen atoms in total. The Kier molecular flexibility index (Phi) is 8.10. The lowest BCUT2D eigenvalue weighted by atomic mass is 10.1. The van der Waals surface area contributed by atoms with Gasteiger partial charge in [0.2, 0.25) is 0 Å². The molecule has 0 amide bonds. The van der Waals surface area contributed by atoms with E-state index >= 15 is 0 Å². The summed E-state index contributed by atoms with van der Waals surface area (Å²) in [6, 6.07) is 0. The Morgan fingerprint density at radius 1 is 1.38 bits per heavy atom. The molecule has 0 bridgehead atoms. The van der Waals surface area contributed by atoms with Gasteiger partial charge in [0.15, 0.2) is 0 Å². The second-order valence-electron chi connectivity index (χ2n) is 2.59. The minimum absolute atomic E-state index is 0. The van der Waals surface area contributed by atoms with Gasteiger partial charge in [-0.15, -0.1) is 24.8 Å². The fourth-order valence-electron chi connectivity index (χ4n) is 1.07. The molecule has 0 fully saturated rings.